The van der Waals surface area contributed by atoms with Gasteiger partial charge < -0.3 is 9.74 Å². The van der Waals surface area contributed by atoms with E-state index in [0.29, 0.717) is 0 Å². The number of nitrogens with zero attached hydrogens (tertiary/aromatic N) is 2. The highest BCUT2D eigenvalue weighted by atomic mass is 16.7. The zero-order valence-corrected chi connectivity index (χ0v) is 5.30. The number of hydrogen-bond acceptors (Lipinski definition) is 3. The summed E-state index contributed by atoms with van der Waals surface area (Å²) < 4.78 is 0. The van der Waals surface area contributed by atoms with E-state index < -0.39 is 0 Å². The van der Waals surface area contributed by atoms with Gasteiger partial charge in [-0.25, -0.2) is 0 Å². The minimum Gasteiger partial charge on any atom is -0.366 e. The van der Waals surface area contributed by atoms with E-state index in [-0.39, 0.29) is 5.72 Å². The molecule has 3 nitrogen and oxygen atoms in total. The molecule has 0 aliphatic carbocycles. The Labute approximate surface area is 48.9 Å². The first-order valence-corrected chi connectivity index (χ1v) is 2.50. The highest BCUT2D eigenvalue weighted by Gasteiger charge is 2.28. The van der Waals surface area contributed by atoms with Crippen LogP contribution in [0.15, 0.2) is 5.16 Å². The SMILES string of the molecule is CN1[C]=NOC1(C)C. The van der Waals surface area contributed by atoms with Gasteiger partial charge in [-0.2, -0.15) is 0 Å². The van der Waals surface area contributed by atoms with Crippen molar-refractivity contribution in [2.24, 2.45) is 5.16 Å². The topological polar surface area (TPSA) is 24.8 Å². The fourth-order valence-corrected chi connectivity index (χ4v) is 0.375. The van der Waals surface area contributed by atoms with Crippen molar-refractivity contribution < 1.29 is 4.84 Å². The van der Waals surface area contributed by atoms with Crippen molar-refractivity contribution in [1.29, 1.82) is 0 Å². The molecule has 3 heteroatoms. The Morgan fingerprint density at radius 1 is 1.62 bits per heavy atom. The van der Waals surface area contributed by atoms with Crippen molar-refractivity contribution in [3.63, 3.8) is 0 Å². The van der Waals surface area contributed by atoms with Gasteiger partial charge in [0.25, 0.3) is 0 Å². The van der Waals surface area contributed by atoms with Crippen LogP contribution in [0.4, 0.5) is 0 Å². The summed E-state index contributed by atoms with van der Waals surface area (Å²) in [6.07, 6.45) is 2.65. The maximum absolute atomic E-state index is 4.89. The Morgan fingerprint density at radius 3 is 2.38 bits per heavy atom. The lowest BCUT2D eigenvalue weighted by atomic mass is 10.3. The van der Waals surface area contributed by atoms with E-state index in [4.69, 9.17) is 4.84 Å². The Hall–Kier alpha value is -0.730. The largest absolute Gasteiger partial charge is 0.366 e. The summed E-state index contributed by atoms with van der Waals surface area (Å²) in [6.45, 7) is 3.85. The standard InChI is InChI=1S/C5H9N2O/c1-5(2)7(3)4-6-8-5/h1-3H3. The van der Waals surface area contributed by atoms with Crippen LogP contribution < -0.4 is 0 Å². The molecule has 0 unspecified atom stereocenters. The molecule has 1 rings (SSSR count). The predicted octanol–water partition coefficient (Wildman–Crippen LogP) is 0.505. The molecule has 1 heterocycles. The summed E-state index contributed by atoms with van der Waals surface area (Å²) in [5.74, 6) is 0. The number of hydrogen-bond donors (Lipinski definition) is 0. The lowest BCUT2D eigenvalue weighted by Gasteiger charge is -2.23. The van der Waals surface area contributed by atoms with Crippen molar-refractivity contribution in [1.82, 2.24) is 4.90 Å². The smallest absolute Gasteiger partial charge is 0.217 e. The van der Waals surface area contributed by atoms with E-state index in [0.717, 1.165) is 0 Å². The Kier molecular flexibility index (Phi) is 0.927. The van der Waals surface area contributed by atoms with Crippen molar-refractivity contribution in [2.45, 2.75) is 19.6 Å². The lowest BCUT2D eigenvalue weighted by Crippen LogP contribution is -2.36. The maximum atomic E-state index is 4.89. The molecule has 0 amide bonds. The molecule has 1 aliphatic heterocycles. The zero-order chi connectivity index (χ0) is 6.20. The molecule has 45 valence electrons. The summed E-state index contributed by atoms with van der Waals surface area (Å²) in [6, 6.07) is 0. The van der Waals surface area contributed by atoms with E-state index in [1.165, 1.54) is 0 Å². The molecule has 0 aromatic carbocycles. The van der Waals surface area contributed by atoms with Crippen LogP contribution in [-0.4, -0.2) is 24.0 Å². The summed E-state index contributed by atoms with van der Waals surface area (Å²) in [5.41, 5.74) is -0.292. The van der Waals surface area contributed by atoms with Gasteiger partial charge >= 0.3 is 0 Å². The van der Waals surface area contributed by atoms with Gasteiger partial charge in [-0.1, -0.05) is 5.16 Å². The Balaban J connectivity index is 2.64. The summed E-state index contributed by atoms with van der Waals surface area (Å²) >= 11 is 0. The van der Waals surface area contributed by atoms with E-state index in [2.05, 4.69) is 11.5 Å². The minimum absolute atomic E-state index is 0.292. The first-order chi connectivity index (χ1) is 3.63. The minimum atomic E-state index is -0.292. The first kappa shape index (κ1) is 5.41. The second-order valence-electron chi connectivity index (χ2n) is 2.29. The summed E-state index contributed by atoms with van der Waals surface area (Å²) in [7, 11) is 1.87. The van der Waals surface area contributed by atoms with Crippen molar-refractivity contribution >= 4 is 6.34 Å². The van der Waals surface area contributed by atoms with Gasteiger partial charge in [0, 0.05) is 7.05 Å². The normalized spacial score (nSPS) is 23.6. The molecule has 0 spiro atoms. The third-order valence-corrected chi connectivity index (χ3v) is 1.27. The molecule has 0 bridgehead atoms. The monoisotopic (exact) mass is 113 g/mol. The Bertz CT molecular complexity index is 120. The molecule has 0 atom stereocenters. The second-order valence-corrected chi connectivity index (χ2v) is 2.29. The molecule has 8 heavy (non-hydrogen) atoms. The van der Waals surface area contributed by atoms with Crippen molar-refractivity contribution in [3.8, 4) is 0 Å². The maximum Gasteiger partial charge on any atom is 0.217 e. The van der Waals surface area contributed by atoms with E-state index >= 15 is 0 Å². The second kappa shape index (κ2) is 1.37. The van der Waals surface area contributed by atoms with Crippen LogP contribution >= 0.6 is 0 Å². The molecule has 1 radical (unpaired) electrons. The molecule has 0 saturated heterocycles. The Morgan fingerprint density at radius 2 is 2.25 bits per heavy atom. The molecule has 0 N–H and O–H groups in total. The quantitative estimate of drug-likeness (QED) is 0.457. The van der Waals surface area contributed by atoms with Crippen LogP contribution in [0.2, 0.25) is 0 Å². The molecular weight excluding hydrogens is 104 g/mol. The summed E-state index contributed by atoms with van der Waals surface area (Å²) in [4.78, 5) is 6.68. The van der Waals surface area contributed by atoms with Gasteiger partial charge in [0.05, 0.1) is 0 Å². The van der Waals surface area contributed by atoms with Gasteiger partial charge in [0.2, 0.25) is 12.1 Å². The molecular formula is C5H9N2O. The van der Waals surface area contributed by atoms with Crippen molar-refractivity contribution in [3.05, 3.63) is 0 Å². The predicted molar refractivity (Wildman–Crippen MR) is 30.4 cm³/mol. The molecule has 0 aromatic rings. The van der Waals surface area contributed by atoms with Crippen LogP contribution in [0.3, 0.4) is 0 Å². The van der Waals surface area contributed by atoms with Crippen molar-refractivity contribution in [2.75, 3.05) is 7.05 Å². The number of rotatable bonds is 0. The van der Waals surface area contributed by atoms with Gasteiger partial charge in [-0.05, 0) is 13.8 Å². The average Bonchev–Trinajstić information content (AvgIpc) is 1.86. The fourth-order valence-electron chi connectivity index (χ4n) is 0.375. The van der Waals surface area contributed by atoms with Gasteiger partial charge in [0.1, 0.15) is 0 Å². The van der Waals surface area contributed by atoms with Crippen LogP contribution in [-0.2, 0) is 4.84 Å². The van der Waals surface area contributed by atoms with Gasteiger partial charge in [0.15, 0.2) is 0 Å². The molecule has 0 saturated carbocycles. The van der Waals surface area contributed by atoms with Gasteiger partial charge in [-0.3, -0.25) is 0 Å². The van der Waals surface area contributed by atoms with Crippen LogP contribution in [0.1, 0.15) is 13.8 Å². The first-order valence-electron chi connectivity index (χ1n) is 2.50. The molecule has 0 aromatic heterocycles. The van der Waals surface area contributed by atoms with Crippen LogP contribution in [0, 0.1) is 0 Å². The van der Waals surface area contributed by atoms with E-state index in [1.54, 1.807) is 4.90 Å². The fraction of sp³-hybridized carbons (Fsp3) is 0.800. The van der Waals surface area contributed by atoms with Gasteiger partial charge in [-0.15, -0.1) is 0 Å². The summed E-state index contributed by atoms with van der Waals surface area (Å²) in [5, 5.41) is 3.49. The lowest BCUT2D eigenvalue weighted by molar-refractivity contribution is -0.0589. The van der Waals surface area contributed by atoms with Crippen LogP contribution in [0.5, 0.6) is 0 Å². The average molecular weight is 113 g/mol. The van der Waals surface area contributed by atoms with E-state index in [9.17, 15) is 0 Å². The highest BCUT2D eigenvalue weighted by Crippen LogP contribution is 2.16. The zero-order valence-electron chi connectivity index (χ0n) is 5.30. The third-order valence-electron chi connectivity index (χ3n) is 1.27. The highest BCUT2D eigenvalue weighted by molar-refractivity contribution is 5.55. The molecule has 1 aliphatic rings. The third kappa shape index (κ3) is 0.638. The van der Waals surface area contributed by atoms with E-state index in [1.807, 2.05) is 20.9 Å². The molecule has 0 fully saturated rings. The van der Waals surface area contributed by atoms with Crippen LogP contribution in [0.25, 0.3) is 0 Å².